The summed E-state index contributed by atoms with van der Waals surface area (Å²) in [7, 11) is 1.48. The molecule has 0 radical (unpaired) electrons. The van der Waals surface area contributed by atoms with Crippen molar-refractivity contribution in [2.24, 2.45) is 0 Å². The van der Waals surface area contributed by atoms with E-state index in [-0.39, 0.29) is 16.8 Å². The predicted octanol–water partition coefficient (Wildman–Crippen LogP) is 2.87. The van der Waals surface area contributed by atoms with E-state index in [1.807, 2.05) is 0 Å². The van der Waals surface area contributed by atoms with Crippen LogP contribution in [0.15, 0.2) is 59.8 Å². The second-order valence-corrected chi connectivity index (χ2v) is 6.04. The number of hydrogen-bond donors (Lipinski definition) is 3. The molecule has 3 amide bonds. The summed E-state index contributed by atoms with van der Waals surface area (Å²) in [4.78, 5) is 35.9. The van der Waals surface area contributed by atoms with Gasteiger partial charge >= 0.3 is 6.03 Å². The molecule has 9 nitrogen and oxygen atoms in total. The summed E-state index contributed by atoms with van der Waals surface area (Å²) < 4.78 is 5.23. The number of para-hydroxylation sites is 3. The minimum Gasteiger partial charge on any atom is -0.495 e. The quantitative estimate of drug-likeness (QED) is 0.542. The van der Waals surface area contributed by atoms with E-state index in [2.05, 4.69) is 16.0 Å². The summed E-state index contributed by atoms with van der Waals surface area (Å²) in [5.74, 6) is -0.0539. The molecule has 1 aliphatic rings. The first kappa shape index (κ1) is 18.9. The van der Waals surface area contributed by atoms with E-state index >= 15 is 0 Å². The number of nitrogens with one attached hydrogen (secondary N) is 3. The molecule has 9 heteroatoms. The molecule has 0 fully saturated rings. The van der Waals surface area contributed by atoms with Crippen LogP contribution in [-0.4, -0.2) is 24.0 Å². The van der Waals surface area contributed by atoms with Crippen molar-refractivity contribution in [2.45, 2.75) is 13.0 Å². The topological polar surface area (TPSA) is 123 Å². The zero-order chi connectivity index (χ0) is 20.3. The van der Waals surface area contributed by atoms with E-state index in [9.17, 15) is 19.7 Å². The number of benzene rings is 2. The smallest absolute Gasteiger partial charge is 0.319 e. The monoisotopic (exact) mass is 382 g/mol. The Morgan fingerprint density at radius 1 is 1.18 bits per heavy atom. The van der Waals surface area contributed by atoms with E-state index < -0.39 is 22.9 Å². The van der Waals surface area contributed by atoms with Gasteiger partial charge in [-0.3, -0.25) is 14.9 Å². The van der Waals surface area contributed by atoms with Crippen molar-refractivity contribution >= 4 is 23.3 Å². The number of rotatable bonds is 5. The van der Waals surface area contributed by atoms with E-state index in [1.54, 1.807) is 37.3 Å². The number of ether oxygens (including phenoxy) is 1. The van der Waals surface area contributed by atoms with Gasteiger partial charge in [0, 0.05) is 11.8 Å². The summed E-state index contributed by atoms with van der Waals surface area (Å²) in [6.45, 7) is 1.57. The molecule has 1 heterocycles. The van der Waals surface area contributed by atoms with Crippen molar-refractivity contribution in [1.82, 2.24) is 10.6 Å². The van der Waals surface area contributed by atoms with Crippen LogP contribution >= 0.6 is 0 Å². The average molecular weight is 382 g/mol. The Labute approximate surface area is 160 Å². The number of nitrogens with zero attached hydrogens (tertiary/aromatic N) is 1. The molecule has 0 spiro atoms. The van der Waals surface area contributed by atoms with E-state index in [0.717, 1.165) is 0 Å². The third-order valence-electron chi connectivity index (χ3n) is 4.31. The molecule has 3 N–H and O–H groups in total. The van der Waals surface area contributed by atoms with Crippen molar-refractivity contribution in [2.75, 3.05) is 12.4 Å². The predicted molar refractivity (Wildman–Crippen MR) is 102 cm³/mol. The lowest BCUT2D eigenvalue weighted by molar-refractivity contribution is -0.385. The van der Waals surface area contributed by atoms with Crippen LogP contribution in [0.25, 0.3) is 0 Å². The maximum Gasteiger partial charge on any atom is 0.319 e. The summed E-state index contributed by atoms with van der Waals surface area (Å²) in [5.41, 5.74) is 0.935. The van der Waals surface area contributed by atoms with Crippen molar-refractivity contribution in [1.29, 1.82) is 0 Å². The molecule has 2 aromatic rings. The highest BCUT2D eigenvalue weighted by molar-refractivity contribution is 6.07. The van der Waals surface area contributed by atoms with Gasteiger partial charge < -0.3 is 20.7 Å². The number of methoxy groups -OCH3 is 1. The first-order valence-electron chi connectivity index (χ1n) is 8.38. The van der Waals surface area contributed by atoms with Crippen molar-refractivity contribution in [3.05, 3.63) is 75.5 Å². The van der Waals surface area contributed by atoms with Gasteiger partial charge in [-0.1, -0.05) is 24.3 Å². The van der Waals surface area contributed by atoms with Crippen LogP contribution in [0.1, 0.15) is 18.5 Å². The van der Waals surface area contributed by atoms with Gasteiger partial charge in [0.15, 0.2) is 0 Å². The van der Waals surface area contributed by atoms with E-state index in [1.165, 1.54) is 25.3 Å². The molecule has 0 aromatic heterocycles. The summed E-state index contributed by atoms with van der Waals surface area (Å²) in [5, 5.41) is 19.3. The Kier molecular flexibility index (Phi) is 5.25. The number of allylic oxidation sites excluding steroid dienone is 1. The fourth-order valence-electron chi connectivity index (χ4n) is 3.06. The molecule has 0 unspecified atom stereocenters. The summed E-state index contributed by atoms with van der Waals surface area (Å²) >= 11 is 0. The molecule has 28 heavy (non-hydrogen) atoms. The maximum absolute atomic E-state index is 13.0. The molecule has 0 saturated carbocycles. The minimum atomic E-state index is -0.981. The van der Waals surface area contributed by atoms with Gasteiger partial charge in [0.05, 0.1) is 34.9 Å². The normalized spacial score (nSPS) is 16.1. The lowest BCUT2D eigenvalue weighted by Gasteiger charge is -2.28. The summed E-state index contributed by atoms with van der Waals surface area (Å²) in [6, 6.07) is 11.3. The zero-order valence-electron chi connectivity index (χ0n) is 15.2. The molecule has 1 aliphatic heterocycles. The van der Waals surface area contributed by atoms with Crippen molar-refractivity contribution in [3.63, 3.8) is 0 Å². The summed E-state index contributed by atoms with van der Waals surface area (Å²) in [6.07, 6.45) is 0. The third kappa shape index (κ3) is 3.63. The van der Waals surface area contributed by atoms with Crippen LogP contribution in [0.5, 0.6) is 5.75 Å². The zero-order valence-corrected chi connectivity index (χ0v) is 15.2. The molecule has 144 valence electrons. The molecule has 0 bridgehead atoms. The Bertz CT molecular complexity index is 986. The largest absolute Gasteiger partial charge is 0.495 e. The number of carbonyl (C=O) groups excluding carboxylic acids is 2. The van der Waals surface area contributed by atoms with Gasteiger partial charge in [-0.15, -0.1) is 0 Å². The van der Waals surface area contributed by atoms with Gasteiger partial charge in [-0.2, -0.15) is 0 Å². The number of amides is 3. The highest BCUT2D eigenvalue weighted by atomic mass is 16.6. The van der Waals surface area contributed by atoms with E-state index in [4.69, 9.17) is 4.74 Å². The first-order chi connectivity index (χ1) is 13.4. The molecular weight excluding hydrogens is 364 g/mol. The molecule has 3 rings (SSSR count). The fourth-order valence-corrected chi connectivity index (χ4v) is 3.06. The number of anilines is 1. The highest BCUT2D eigenvalue weighted by Gasteiger charge is 2.35. The molecule has 0 saturated heterocycles. The minimum absolute atomic E-state index is 0.166. The Hall–Kier alpha value is -3.88. The Balaban J connectivity index is 2.03. The number of carbonyl (C=O) groups is 2. The molecule has 2 aromatic carbocycles. The average Bonchev–Trinajstić information content (AvgIpc) is 2.67. The first-order valence-corrected chi connectivity index (χ1v) is 8.38. The molecular formula is C19H18N4O5. The van der Waals surface area contributed by atoms with Crippen molar-refractivity contribution in [3.8, 4) is 5.75 Å². The van der Waals surface area contributed by atoms with Crippen LogP contribution in [0.3, 0.4) is 0 Å². The fraction of sp³-hybridized carbons (Fsp3) is 0.158. The lowest BCUT2D eigenvalue weighted by Crippen LogP contribution is -2.46. The number of urea groups is 1. The van der Waals surface area contributed by atoms with Gasteiger partial charge in [-0.25, -0.2) is 4.79 Å². The second kappa shape index (κ2) is 7.78. The van der Waals surface area contributed by atoms with Gasteiger partial charge in [0.2, 0.25) is 0 Å². The molecule has 1 atom stereocenters. The van der Waals surface area contributed by atoms with Gasteiger partial charge in [-0.05, 0) is 25.1 Å². The van der Waals surface area contributed by atoms with Crippen LogP contribution in [0, 0.1) is 10.1 Å². The van der Waals surface area contributed by atoms with Crippen LogP contribution < -0.4 is 20.7 Å². The number of nitro groups is 1. The van der Waals surface area contributed by atoms with Crippen LogP contribution in [0.2, 0.25) is 0 Å². The molecule has 0 aliphatic carbocycles. The Morgan fingerprint density at radius 2 is 1.86 bits per heavy atom. The van der Waals surface area contributed by atoms with Crippen LogP contribution in [-0.2, 0) is 4.79 Å². The highest BCUT2D eigenvalue weighted by Crippen LogP contribution is 2.34. The van der Waals surface area contributed by atoms with E-state index in [0.29, 0.717) is 17.1 Å². The van der Waals surface area contributed by atoms with Crippen molar-refractivity contribution < 1.29 is 19.2 Å². The van der Waals surface area contributed by atoms with Crippen LogP contribution in [0.4, 0.5) is 16.2 Å². The SMILES string of the molecule is COc1ccccc1NC(=O)C1=C(C)NC(=O)N[C@H]1c1ccccc1[N+](=O)[O-]. The van der Waals surface area contributed by atoms with Gasteiger partial charge in [0.25, 0.3) is 11.6 Å². The Morgan fingerprint density at radius 3 is 2.57 bits per heavy atom. The maximum atomic E-state index is 13.0. The standard InChI is InChI=1S/C19H18N4O5/c1-11-16(18(24)21-13-8-4-6-10-15(13)28-2)17(22-19(25)20-11)12-7-3-5-9-14(12)23(26)27/h3-10,17H,1-2H3,(H,21,24)(H2,20,22,25)/t17-/m0/s1. The number of hydrogen-bond acceptors (Lipinski definition) is 5. The van der Waals surface area contributed by atoms with Gasteiger partial charge in [0.1, 0.15) is 5.75 Å². The number of nitro benzene ring substituents is 1. The lowest BCUT2D eigenvalue weighted by atomic mass is 9.93. The second-order valence-electron chi connectivity index (χ2n) is 6.04. The third-order valence-corrected chi connectivity index (χ3v) is 4.31.